The number of aromatic amines is 1. The molecule has 0 amide bonds. The van der Waals surface area contributed by atoms with Gasteiger partial charge in [0.15, 0.2) is 0 Å². The van der Waals surface area contributed by atoms with Crippen molar-refractivity contribution in [2.24, 2.45) is 0 Å². The van der Waals surface area contributed by atoms with E-state index in [4.69, 9.17) is 4.52 Å². The minimum absolute atomic E-state index is 0.450. The highest BCUT2D eigenvalue weighted by Gasteiger charge is 2.10. The van der Waals surface area contributed by atoms with Gasteiger partial charge < -0.3 is 9.42 Å². The third-order valence-corrected chi connectivity index (χ3v) is 2.96. The summed E-state index contributed by atoms with van der Waals surface area (Å²) in [6, 6.07) is 8.15. The number of nitrogens with zero attached hydrogens (tertiary/aromatic N) is 5. The molecule has 0 unspecified atom stereocenters. The van der Waals surface area contributed by atoms with Crippen LogP contribution < -0.4 is 0 Å². The fraction of sp³-hybridized carbons (Fsp3) is 0.286. The van der Waals surface area contributed by atoms with E-state index in [0.29, 0.717) is 24.0 Å². The molecule has 0 bridgehead atoms. The largest absolute Gasteiger partial charge is 0.338 e. The van der Waals surface area contributed by atoms with Gasteiger partial charge in [-0.05, 0) is 19.7 Å². The monoisotopic (exact) mass is 284 g/mol. The van der Waals surface area contributed by atoms with Crippen LogP contribution in [0.3, 0.4) is 0 Å². The van der Waals surface area contributed by atoms with Crippen molar-refractivity contribution in [1.82, 2.24) is 30.2 Å². The first kappa shape index (κ1) is 13.4. The summed E-state index contributed by atoms with van der Waals surface area (Å²) in [6.07, 6.45) is 1.90. The number of benzene rings is 1. The first-order valence-corrected chi connectivity index (χ1v) is 6.61. The Kier molecular flexibility index (Phi) is 3.74. The van der Waals surface area contributed by atoms with Crippen LogP contribution in [-0.2, 0) is 13.0 Å². The Morgan fingerprint density at radius 2 is 2.00 bits per heavy atom. The second-order valence-electron chi connectivity index (χ2n) is 5.06. The molecular formula is C14H16N6O. The summed E-state index contributed by atoms with van der Waals surface area (Å²) in [7, 11) is 4.09. The van der Waals surface area contributed by atoms with Gasteiger partial charge in [-0.25, -0.2) is 4.98 Å². The summed E-state index contributed by atoms with van der Waals surface area (Å²) in [5.41, 5.74) is 2.18. The zero-order valence-corrected chi connectivity index (χ0v) is 11.9. The van der Waals surface area contributed by atoms with Crippen molar-refractivity contribution in [1.29, 1.82) is 0 Å². The highest BCUT2D eigenvalue weighted by Crippen LogP contribution is 2.17. The molecule has 21 heavy (non-hydrogen) atoms. The van der Waals surface area contributed by atoms with Gasteiger partial charge in [-0.3, -0.25) is 5.10 Å². The summed E-state index contributed by atoms with van der Waals surface area (Å²) in [6.45, 7) is 0.906. The van der Waals surface area contributed by atoms with Crippen molar-refractivity contribution >= 4 is 0 Å². The molecule has 0 saturated heterocycles. The minimum Gasteiger partial charge on any atom is -0.338 e. The lowest BCUT2D eigenvalue weighted by Gasteiger charge is -2.09. The van der Waals surface area contributed by atoms with Crippen LogP contribution in [0.4, 0.5) is 0 Å². The standard InChI is InChI=1S/C14H16N6O/c1-20(2)8-10-3-5-11(6-4-10)14-17-13(21-19-14)7-12-15-9-16-18-12/h3-6,9H,7-8H2,1-2H3,(H,15,16,18). The quantitative estimate of drug-likeness (QED) is 0.764. The third-order valence-electron chi connectivity index (χ3n) is 2.96. The highest BCUT2D eigenvalue weighted by atomic mass is 16.5. The van der Waals surface area contributed by atoms with Crippen LogP contribution in [0.1, 0.15) is 17.3 Å². The normalized spacial score (nSPS) is 11.2. The van der Waals surface area contributed by atoms with E-state index >= 15 is 0 Å². The molecule has 2 heterocycles. The Bertz CT molecular complexity index is 687. The number of aromatic nitrogens is 5. The lowest BCUT2D eigenvalue weighted by Crippen LogP contribution is -2.10. The topological polar surface area (TPSA) is 83.7 Å². The van der Waals surface area contributed by atoms with Crippen molar-refractivity contribution in [3.05, 3.63) is 47.9 Å². The molecular weight excluding hydrogens is 268 g/mol. The molecule has 1 N–H and O–H groups in total. The van der Waals surface area contributed by atoms with Crippen LogP contribution in [-0.4, -0.2) is 44.3 Å². The van der Waals surface area contributed by atoms with Crippen molar-refractivity contribution in [3.63, 3.8) is 0 Å². The lowest BCUT2D eigenvalue weighted by atomic mass is 10.1. The predicted molar refractivity (Wildman–Crippen MR) is 76.3 cm³/mol. The fourth-order valence-electron chi connectivity index (χ4n) is 2.03. The van der Waals surface area contributed by atoms with Crippen molar-refractivity contribution in [3.8, 4) is 11.4 Å². The minimum atomic E-state index is 0.450. The molecule has 7 nitrogen and oxygen atoms in total. The van der Waals surface area contributed by atoms with Crippen LogP contribution in [0.25, 0.3) is 11.4 Å². The van der Waals surface area contributed by atoms with E-state index in [1.807, 2.05) is 26.2 Å². The molecule has 3 rings (SSSR count). The van der Waals surface area contributed by atoms with Crippen molar-refractivity contribution < 1.29 is 4.52 Å². The molecule has 1 aromatic carbocycles. The molecule has 0 aliphatic heterocycles. The van der Waals surface area contributed by atoms with E-state index in [1.54, 1.807) is 0 Å². The van der Waals surface area contributed by atoms with Crippen LogP contribution in [0.15, 0.2) is 35.1 Å². The number of hydrogen-bond donors (Lipinski definition) is 1. The smallest absolute Gasteiger partial charge is 0.234 e. The van der Waals surface area contributed by atoms with Crippen molar-refractivity contribution in [2.75, 3.05) is 14.1 Å². The average molecular weight is 284 g/mol. The van der Waals surface area contributed by atoms with Crippen LogP contribution >= 0.6 is 0 Å². The van der Waals surface area contributed by atoms with E-state index in [9.17, 15) is 0 Å². The Balaban J connectivity index is 1.73. The zero-order chi connectivity index (χ0) is 14.7. The van der Waals surface area contributed by atoms with Gasteiger partial charge in [-0.2, -0.15) is 10.1 Å². The van der Waals surface area contributed by atoms with E-state index in [2.05, 4.69) is 42.4 Å². The maximum Gasteiger partial charge on any atom is 0.234 e. The number of H-pyrrole nitrogens is 1. The Hall–Kier alpha value is -2.54. The van der Waals surface area contributed by atoms with Crippen molar-refractivity contribution in [2.45, 2.75) is 13.0 Å². The van der Waals surface area contributed by atoms with E-state index in [0.717, 1.165) is 12.1 Å². The molecule has 0 aliphatic carbocycles. The summed E-state index contributed by atoms with van der Waals surface area (Å²) in [5.74, 6) is 1.80. The van der Waals surface area contributed by atoms with Gasteiger partial charge in [-0.1, -0.05) is 29.4 Å². The molecule has 0 fully saturated rings. The maximum absolute atomic E-state index is 5.23. The summed E-state index contributed by atoms with van der Waals surface area (Å²) >= 11 is 0. The number of hydrogen-bond acceptors (Lipinski definition) is 6. The molecule has 108 valence electrons. The Morgan fingerprint density at radius 3 is 2.67 bits per heavy atom. The molecule has 0 spiro atoms. The molecule has 3 aromatic rings. The molecule has 0 radical (unpaired) electrons. The SMILES string of the molecule is CN(C)Cc1ccc(-c2noc(Cc3ncn[nH]3)n2)cc1. The van der Waals surface area contributed by atoms with Gasteiger partial charge in [0, 0.05) is 12.1 Å². The van der Waals surface area contributed by atoms with Crippen LogP contribution in [0.2, 0.25) is 0 Å². The molecule has 7 heteroatoms. The van der Waals surface area contributed by atoms with Gasteiger partial charge in [0.25, 0.3) is 0 Å². The van der Waals surface area contributed by atoms with Crippen LogP contribution in [0, 0.1) is 0 Å². The number of nitrogens with one attached hydrogen (secondary N) is 1. The van der Waals surface area contributed by atoms with E-state index in [1.165, 1.54) is 11.9 Å². The van der Waals surface area contributed by atoms with Gasteiger partial charge >= 0.3 is 0 Å². The maximum atomic E-state index is 5.23. The van der Waals surface area contributed by atoms with Gasteiger partial charge in [0.05, 0.1) is 6.42 Å². The first-order chi connectivity index (χ1) is 10.2. The van der Waals surface area contributed by atoms with Crippen LogP contribution in [0.5, 0.6) is 0 Å². The van der Waals surface area contributed by atoms with E-state index in [-0.39, 0.29) is 0 Å². The Morgan fingerprint density at radius 1 is 1.19 bits per heavy atom. The zero-order valence-electron chi connectivity index (χ0n) is 11.9. The molecule has 0 saturated carbocycles. The van der Waals surface area contributed by atoms with Gasteiger partial charge in [-0.15, -0.1) is 0 Å². The molecule has 0 aliphatic rings. The average Bonchev–Trinajstić information content (AvgIpc) is 3.11. The number of rotatable bonds is 5. The lowest BCUT2D eigenvalue weighted by molar-refractivity contribution is 0.384. The van der Waals surface area contributed by atoms with Gasteiger partial charge in [0.2, 0.25) is 11.7 Å². The fourth-order valence-corrected chi connectivity index (χ4v) is 2.03. The van der Waals surface area contributed by atoms with E-state index < -0.39 is 0 Å². The Labute approximate surface area is 122 Å². The van der Waals surface area contributed by atoms with Gasteiger partial charge in [0.1, 0.15) is 12.2 Å². The molecule has 2 aromatic heterocycles. The predicted octanol–water partition coefficient (Wildman–Crippen LogP) is 1.51. The second kappa shape index (κ2) is 5.84. The highest BCUT2D eigenvalue weighted by molar-refractivity contribution is 5.54. The molecule has 0 atom stereocenters. The summed E-state index contributed by atoms with van der Waals surface area (Å²) in [4.78, 5) is 10.5. The summed E-state index contributed by atoms with van der Waals surface area (Å²) < 4.78 is 5.23. The summed E-state index contributed by atoms with van der Waals surface area (Å²) in [5, 5.41) is 10.6. The first-order valence-electron chi connectivity index (χ1n) is 6.61. The second-order valence-corrected chi connectivity index (χ2v) is 5.06. The third kappa shape index (κ3) is 3.32.